The highest BCUT2D eigenvalue weighted by Crippen LogP contribution is 2.26. The van der Waals surface area contributed by atoms with E-state index in [-0.39, 0.29) is 18.4 Å². The highest BCUT2D eigenvalue weighted by atomic mass is 19.1. The molecule has 0 fully saturated rings. The molecule has 0 bridgehead atoms. The summed E-state index contributed by atoms with van der Waals surface area (Å²) in [5.41, 5.74) is 1.21. The summed E-state index contributed by atoms with van der Waals surface area (Å²) in [7, 11) is 1.46. The summed E-state index contributed by atoms with van der Waals surface area (Å²) in [6.07, 6.45) is 0. The first-order chi connectivity index (χ1) is 9.70. The lowest BCUT2D eigenvalue weighted by Gasteiger charge is -2.08. The van der Waals surface area contributed by atoms with E-state index in [2.05, 4.69) is 0 Å². The molecular weight excluding hydrogens is 262 g/mol. The van der Waals surface area contributed by atoms with Crippen LogP contribution in [0.4, 0.5) is 8.78 Å². The molecule has 4 heteroatoms. The number of benzene rings is 2. The van der Waals surface area contributed by atoms with Gasteiger partial charge in [-0.25, -0.2) is 8.78 Å². The van der Waals surface area contributed by atoms with Crippen molar-refractivity contribution in [2.75, 3.05) is 13.9 Å². The van der Waals surface area contributed by atoms with Crippen molar-refractivity contribution in [1.29, 1.82) is 0 Å². The highest BCUT2D eigenvalue weighted by Gasteiger charge is 2.06. The first kappa shape index (κ1) is 16.1. The molecule has 0 aromatic heterocycles. The van der Waals surface area contributed by atoms with Gasteiger partial charge in [-0.2, -0.15) is 0 Å². The van der Waals surface area contributed by atoms with E-state index in [9.17, 15) is 8.78 Å². The summed E-state index contributed by atoms with van der Waals surface area (Å²) >= 11 is 0. The second-order valence-electron chi connectivity index (χ2n) is 3.71. The molecule has 0 unspecified atom stereocenters. The molecule has 0 saturated carbocycles. The molecule has 0 aliphatic heterocycles. The molecule has 2 nitrogen and oxygen atoms in total. The number of ether oxygens (including phenoxy) is 2. The summed E-state index contributed by atoms with van der Waals surface area (Å²) in [6.45, 7) is 3.98. The van der Waals surface area contributed by atoms with E-state index in [4.69, 9.17) is 9.47 Å². The minimum absolute atomic E-state index is 0.0176. The van der Waals surface area contributed by atoms with Gasteiger partial charge in [-0.3, -0.25) is 0 Å². The standard InChI is InChI=1S/C14H12F2O2.C2H6/c1-17-9-18-14-6-5-11(8-13(14)16)10-3-2-4-12(15)7-10;1-2/h2-8H,9H2,1H3;1-2H3. The van der Waals surface area contributed by atoms with Crippen molar-refractivity contribution in [3.05, 3.63) is 54.1 Å². The summed E-state index contributed by atoms with van der Waals surface area (Å²) in [5, 5.41) is 0. The molecule has 0 radical (unpaired) electrons. The Hall–Kier alpha value is -1.94. The van der Waals surface area contributed by atoms with E-state index in [1.165, 1.54) is 31.4 Å². The van der Waals surface area contributed by atoms with Crippen LogP contribution in [0.25, 0.3) is 11.1 Å². The Kier molecular flexibility index (Phi) is 6.67. The summed E-state index contributed by atoms with van der Waals surface area (Å²) in [5.74, 6) is -0.751. The van der Waals surface area contributed by atoms with Crippen molar-refractivity contribution in [3.63, 3.8) is 0 Å². The largest absolute Gasteiger partial charge is 0.464 e. The SMILES string of the molecule is CC.COCOc1ccc(-c2cccc(F)c2)cc1F. The van der Waals surface area contributed by atoms with Crippen LogP contribution < -0.4 is 4.74 Å². The van der Waals surface area contributed by atoms with Crippen molar-refractivity contribution in [3.8, 4) is 16.9 Å². The Balaban J connectivity index is 0.000000956. The van der Waals surface area contributed by atoms with E-state index in [1.807, 2.05) is 13.8 Å². The Morgan fingerprint density at radius 1 is 0.950 bits per heavy atom. The van der Waals surface area contributed by atoms with Gasteiger partial charge in [0.25, 0.3) is 0 Å². The van der Waals surface area contributed by atoms with E-state index >= 15 is 0 Å². The Morgan fingerprint density at radius 2 is 1.65 bits per heavy atom. The first-order valence-corrected chi connectivity index (χ1v) is 6.38. The zero-order valence-corrected chi connectivity index (χ0v) is 11.8. The number of halogens is 2. The molecule has 2 aromatic rings. The van der Waals surface area contributed by atoms with Gasteiger partial charge in [0.05, 0.1) is 0 Å². The summed E-state index contributed by atoms with van der Waals surface area (Å²) < 4.78 is 36.5. The van der Waals surface area contributed by atoms with E-state index < -0.39 is 5.82 Å². The van der Waals surface area contributed by atoms with Crippen LogP contribution >= 0.6 is 0 Å². The molecule has 108 valence electrons. The smallest absolute Gasteiger partial charge is 0.188 e. The molecule has 0 atom stereocenters. The molecular formula is C16H18F2O2. The van der Waals surface area contributed by atoms with Gasteiger partial charge in [-0.15, -0.1) is 0 Å². The van der Waals surface area contributed by atoms with Crippen LogP contribution in [0.2, 0.25) is 0 Å². The third-order valence-electron chi connectivity index (χ3n) is 2.42. The third kappa shape index (κ3) is 4.31. The Bertz CT molecular complexity index is 542. The quantitative estimate of drug-likeness (QED) is 0.759. The maximum atomic E-state index is 13.7. The first-order valence-electron chi connectivity index (χ1n) is 6.38. The maximum Gasteiger partial charge on any atom is 0.188 e. The van der Waals surface area contributed by atoms with E-state index in [0.29, 0.717) is 11.1 Å². The van der Waals surface area contributed by atoms with E-state index in [0.717, 1.165) is 0 Å². The normalized spacial score (nSPS) is 9.65. The fourth-order valence-corrected chi connectivity index (χ4v) is 1.59. The lowest BCUT2D eigenvalue weighted by molar-refractivity contribution is 0.0483. The van der Waals surface area contributed by atoms with Gasteiger partial charge in [0.15, 0.2) is 18.4 Å². The van der Waals surface area contributed by atoms with Crippen molar-refractivity contribution < 1.29 is 18.3 Å². The monoisotopic (exact) mass is 280 g/mol. The lowest BCUT2D eigenvalue weighted by Crippen LogP contribution is -2.00. The third-order valence-corrected chi connectivity index (χ3v) is 2.42. The molecule has 0 aliphatic carbocycles. The minimum atomic E-state index is -0.506. The zero-order valence-electron chi connectivity index (χ0n) is 11.8. The Morgan fingerprint density at radius 3 is 2.25 bits per heavy atom. The van der Waals surface area contributed by atoms with Crippen LogP contribution in [-0.2, 0) is 4.74 Å². The van der Waals surface area contributed by atoms with E-state index in [1.54, 1.807) is 18.2 Å². The molecule has 2 aromatic carbocycles. The molecule has 0 aliphatic rings. The van der Waals surface area contributed by atoms with Crippen LogP contribution in [0.5, 0.6) is 5.75 Å². The van der Waals surface area contributed by atoms with Crippen LogP contribution in [0, 0.1) is 11.6 Å². The predicted molar refractivity (Wildman–Crippen MR) is 75.6 cm³/mol. The highest BCUT2D eigenvalue weighted by molar-refractivity contribution is 5.64. The molecule has 0 saturated heterocycles. The van der Waals surface area contributed by atoms with Crippen LogP contribution in [0.3, 0.4) is 0 Å². The van der Waals surface area contributed by atoms with Crippen molar-refractivity contribution in [1.82, 2.24) is 0 Å². The second kappa shape index (κ2) is 8.27. The average Bonchev–Trinajstić information content (AvgIpc) is 2.48. The van der Waals surface area contributed by atoms with Gasteiger partial charge in [0, 0.05) is 7.11 Å². The van der Waals surface area contributed by atoms with Crippen LogP contribution in [0.1, 0.15) is 13.8 Å². The van der Waals surface area contributed by atoms with Crippen molar-refractivity contribution >= 4 is 0 Å². The molecule has 20 heavy (non-hydrogen) atoms. The molecule has 0 heterocycles. The Labute approximate surface area is 118 Å². The maximum absolute atomic E-state index is 13.7. The predicted octanol–water partition coefficient (Wildman–Crippen LogP) is 4.64. The van der Waals surface area contributed by atoms with Gasteiger partial charge in [-0.1, -0.05) is 32.0 Å². The fourth-order valence-electron chi connectivity index (χ4n) is 1.59. The summed E-state index contributed by atoms with van der Waals surface area (Å²) in [4.78, 5) is 0. The van der Waals surface area contributed by atoms with Gasteiger partial charge >= 0.3 is 0 Å². The minimum Gasteiger partial charge on any atom is -0.464 e. The van der Waals surface area contributed by atoms with Gasteiger partial charge in [0.1, 0.15) is 5.82 Å². The van der Waals surface area contributed by atoms with Crippen molar-refractivity contribution in [2.24, 2.45) is 0 Å². The zero-order chi connectivity index (χ0) is 15.0. The number of hydrogen-bond acceptors (Lipinski definition) is 2. The van der Waals surface area contributed by atoms with Crippen molar-refractivity contribution in [2.45, 2.75) is 13.8 Å². The number of methoxy groups -OCH3 is 1. The lowest BCUT2D eigenvalue weighted by atomic mass is 10.1. The molecule has 0 N–H and O–H groups in total. The van der Waals surface area contributed by atoms with Crippen LogP contribution in [0.15, 0.2) is 42.5 Å². The number of rotatable bonds is 4. The topological polar surface area (TPSA) is 18.5 Å². The van der Waals surface area contributed by atoms with Gasteiger partial charge in [0.2, 0.25) is 0 Å². The van der Waals surface area contributed by atoms with Gasteiger partial charge < -0.3 is 9.47 Å². The molecule has 2 rings (SSSR count). The number of hydrogen-bond donors (Lipinski definition) is 0. The molecule has 0 amide bonds. The summed E-state index contributed by atoms with van der Waals surface area (Å²) in [6, 6.07) is 10.5. The van der Waals surface area contributed by atoms with Crippen LogP contribution in [-0.4, -0.2) is 13.9 Å². The average molecular weight is 280 g/mol. The fraction of sp³-hybridized carbons (Fsp3) is 0.250. The van der Waals surface area contributed by atoms with Gasteiger partial charge in [-0.05, 0) is 35.4 Å². The molecule has 0 spiro atoms. The second-order valence-corrected chi connectivity index (χ2v) is 3.71.